The van der Waals surface area contributed by atoms with Gasteiger partial charge in [-0.15, -0.1) is 0 Å². The molecule has 2 aromatic rings. The molecule has 0 saturated carbocycles. The highest BCUT2D eigenvalue weighted by atomic mass is 35.5. The molecule has 1 fully saturated rings. The molecular formula is C19H14Cl2OS. The number of rotatable bonds is 2. The van der Waals surface area contributed by atoms with Gasteiger partial charge in [-0.3, -0.25) is 4.79 Å². The van der Waals surface area contributed by atoms with Crippen LogP contribution >= 0.6 is 35.0 Å². The zero-order valence-electron chi connectivity index (χ0n) is 12.3. The SMILES string of the molecule is O=C1/C(=C/c2ccc(Cl)cc2)CSC/C1=C\c1ccc(Cl)cc1. The van der Waals surface area contributed by atoms with Gasteiger partial charge in [0.25, 0.3) is 0 Å². The second-order valence-corrected chi connectivity index (χ2v) is 7.12. The molecule has 4 heteroatoms. The molecule has 0 amide bonds. The summed E-state index contributed by atoms with van der Waals surface area (Å²) in [4.78, 5) is 12.7. The van der Waals surface area contributed by atoms with E-state index < -0.39 is 0 Å². The molecule has 0 aromatic heterocycles. The Hall–Kier alpha value is -1.48. The number of halogens is 2. The average Bonchev–Trinajstić information content (AvgIpc) is 2.55. The van der Waals surface area contributed by atoms with Crippen molar-refractivity contribution in [2.75, 3.05) is 11.5 Å². The summed E-state index contributed by atoms with van der Waals surface area (Å²) in [5.41, 5.74) is 3.63. The van der Waals surface area contributed by atoms with Crippen molar-refractivity contribution in [3.05, 3.63) is 80.8 Å². The molecule has 1 aliphatic rings. The lowest BCUT2D eigenvalue weighted by Crippen LogP contribution is -2.16. The van der Waals surface area contributed by atoms with Gasteiger partial charge in [-0.2, -0.15) is 11.8 Å². The van der Waals surface area contributed by atoms with Crippen LogP contribution in [0.5, 0.6) is 0 Å². The summed E-state index contributed by atoms with van der Waals surface area (Å²) in [6.07, 6.45) is 3.89. The lowest BCUT2D eigenvalue weighted by molar-refractivity contribution is -0.112. The lowest BCUT2D eigenvalue weighted by Gasteiger charge is -2.16. The Labute approximate surface area is 150 Å². The van der Waals surface area contributed by atoms with E-state index in [1.54, 1.807) is 11.8 Å². The predicted octanol–water partition coefficient (Wildman–Crippen LogP) is 5.78. The van der Waals surface area contributed by atoms with E-state index in [4.69, 9.17) is 23.2 Å². The summed E-state index contributed by atoms with van der Waals surface area (Å²) >= 11 is 13.5. The van der Waals surface area contributed by atoms with Crippen molar-refractivity contribution < 1.29 is 4.79 Å². The summed E-state index contributed by atoms with van der Waals surface area (Å²) in [6, 6.07) is 15.0. The number of thioether (sulfide) groups is 1. The highest BCUT2D eigenvalue weighted by molar-refractivity contribution is 7.99. The Balaban J connectivity index is 1.86. The number of benzene rings is 2. The Kier molecular flexibility index (Phi) is 5.27. The molecule has 1 aliphatic heterocycles. The van der Waals surface area contributed by atoms with Crippen LogP contribution in [0.25, 0.3) is 12.2 Å². The summed E-state index contributed by atoms with van der Waals surface area (Å²) in [5, 5.41) is 1.39. The molecule has 0 spiro atoms. The van der Waals surface area contributed by atoms with Crippen LogP contribution in [-0.2, 0) is 4.79 Å². The van der Waals surface area contributed by atoms with Crippen LogP contribution < -0.4 is 0 Å². The Bertz CT molecular complexity index is 709. The molecule has 0 bridgehead atoms. The molecular weight excluding hydrogens is 347 g/mol. The van der Waals surface area contributed by atoms with E-state index in [2.05, 4.69) is 0 Å². The van der Waals surface area contributed by atoms with E-state index in [1.165, 1.54) is 0 Å². The number of carbonyl (C=O) groups excluding carboxylic acids is 1. The fourth-order valence-corrected chi connectivity index (χ4v) is 3.57. The molecule has 23 heavy (non-hydrogen) atoms. The molecule has 1 saturated heterocycles. The summed E-state index contributed by atoms with van der Waals surface area (Å²) in [6.45, 7) is 0. The predicted molar refractivity (Wildman–Crippen MR) is 101 cm³/mol. The third-order valence-corrected chi connectivity index (χ3v) is 5.05. The molecule has 0 aliphatic carbocycles. The van der Waals surface area contributed by atoms with Gasteiger partial charge < -0.3 is 0 Å². The minimum absolute atomic E-state index is 0.119. The van der Waals surface area contributed by atoms with Gasteiger partial charge in [0.1, 0.15) is 0 Å². The second-order valence-electron chi connectivity index (χ2n) is 5.26. The third kappa shape index (κ3) is 4.29. The van der Waals surface area contributed by atoms with Crippen LogP contribution in [0, 0.1) is 0 Å². The number of hydrogen-bond donors (Lipinski definition) is 0. The number of hydrogen-bond acceptors (Lipinski definition) is 2. The van der Waals surface area contributed by atoms with Gasteiger partial charge in [0.2, 0.25) is 0 Å². The van der Waals surface area contributed by atoms with E-state index in [-0.39, 0.29) is 5.78 Å². The normalized spacial score (nSPS) is 18.6. The van der Waals surface area contributed by atoms with Crippen molar-refractivity contribution in [2.24, 2.45) is 0 Å². The van der Waals surface area contributed by atoms with Crippen molar-refractivity contribution in [2.45, 2.75) is 0 Å². The van der Waals surface area contributed by atoms with Crippen LogP contribution in [-0.4, -0.2) is 17.3 Å². The summed E-state index contributed by atoms with van der Waals surface area (Å²) in [5.74, 6) is 1.59. The first-order valence-corrected chi connectivity index (χ1v) is 9.07. The van der Waals surface area contributed by atoms with Crippen LogP contribution in [0.4, 0.5) is 0 Å². The standard InChI is InChI=1S/C19H14Cl2OS/c20-17-5-1-13(2-6-17)9-15-11-23-12-16(19(15)22)10-14-3-7-18(21)8-4-14/h1-10H,11-12H2/b15-9+,16-10+. The first kappa shape index (κ1) is 16.4. The van der Waals surface area contributed by atoms with Crippen molar-refractivity contribution in [3.8, 4) is 0 Å². The molecule has 1 heterocycles. The van der Waals surface area contributed by atoms with Crippen LogP contribution in [0.2, 0.25) is 10.0 Å². The average molecular weight is 361 g/mol. The highest BCUT2D eigenvalue weighted by Gasteiger charge is 2.20. The zero-order valence-corrected chi connectivity index (χ0v) is 14.6. The molecule has 2 aromatic carbocycles. The van der Waals surface area contributed by atoms with E-state index >= 15 is 0 Å². The molecule has 0 N–H and O–H groups in total. The third-order valence-electron chi connectivity index (χ3n) is 3.52. The minimum atomic E-state index is 0.119. The van der Waals surface area contributed by atoms with Crippen molar-refractivity contribution in [1.82, 2.24) is 0 Å². The molecule has 0 atom stereocenters. The maximum atomic E-state index is 12.7. The summed E-state index contributed by atoms with van der Waals surface area (Å²) in [7, 11) is 0. The van der Waals surface area contributed by atoms with Crippen LogP contribution in [0.3, 0.4) is 0 Å². The largest absolute Gasteiger partial charge is 0.289 e. The number of Topliss-reactive ketones (excluding diaryl/α,β-unsaturated/α-hetero) is 1. The van der Waals surface area contributed by atoms with E-state index in [9.17, 15) is 4.79 Å². The highest BCUT2D eigenvalue weighted by Crippen LogP contribution is 2.27. The monoisotopic (exact) mass is 360 g/mol. The molecule has 116 valence electrons. The van der Waals surface area contributed by atoms with E-state index in [1.807, 2.05) is 60.7 Å². The maximum Gasteiger partial charge on any atom is 0.186 e. The maximum absolute atomic E-state index is 12.7. The molecule has 1 nitrogen and oxygen atoms in total. The quantitative estimate of drug-likeness (QED) is 0.631. The zero-order chi connectivity index (χ0) is 16.2. The topological polar surface area (TPSA) is 17.1 Å². The van der Waals surface area contributed by atoms with Gasteiger partial charge >= 0.3 is 0 Å². The van der Waals surface area contributed by atoms with E-state index in [0.717, 1.165) is 33.8 Å². The number of ketones is 1. The van der Waals surface area contributed by atoms with Crippen molar-refractivity contribution in [3.63, 3.8) is 0 Å². The second kappa shape index (κ2) is 7.39. The minimum Gasteiger partial charge on any atom is -0.289 e. The van der Waals surface area contributed by atoms with Gasteiger partial charge in [0.05, 0.1) is 0 Å². The fraction of sp³-hybridized carbons (Fsp3) is 0.105. The van der Waals surface area contributed by atoms with Gasteiger partial charge in [0, 0.05) is 32.7 Å². The smallest absolute Gasteiger partial charge is 0.186 e. The summed E-state index contributed by atoms with van der Waals surface area (Å²) < 4.78 is 0. The molecule has 3 rings (SSSR count). The van der Waals surface area contributed by atoms with Crippen molar-refractivity contribution in [1.29, 1.82) is 0 Å². The van der Waals surface area contributed by atoms with Gasteiger partial charge in [-0.25, -0.2) is 0 Å². The van der Waals surface area contributed by atoms with E-state index in [0.29, 0.717) is 10.0 Å². The first-order valence-electron chi connectivity index (χ1n) is 7.16. The first-order chi connectivity index (χ1) is 11.1. The van der Waals surface area contributed by atoms with Gasteiger partial charge in [-0.1, -0.05) is 47.5 Å². The Morgan fingerprint density at radius 3 is 1.52 bits per heavy atom. The number of carbonyl (C=O) groups is 1. The molecule has 0 radical (unpaired) electrons. The van der Waals surface area contributed by atoms with Crippen molar-refractivity contribution >= 4 is 52.9 Å². The van der Waals surface area contributed by atoms with Crippen LogP contribution in [0.1, 0.15) is 11.1 Å². The van der Waals surface area contributed by atoms with Crippen LogP contribution in [0.15, 0.2) is 59.7 Å². The Morgan fingerprint density at radius 2 is 1.13 bits per heavy atom. The van der Waals surface area contributed by atoms with Gasteiger partial charge in [-0.05, 0) is 47.5 Å². The van der Waals surface area contributed by atoms with Gasteiger partial charge in [0.15, 0.2) is 5.78 Å². The fourth-order valence-electron chi connectivity index (χ4n) is 2.34. The molecule has 0 unspecified atom stereocenters. The Morgan fingerprint density at radius 1 is 0.739 bits per heavy atom. The lowest BCUT2D eigenvalue weighted by atomic mass is 10.0.